The first-order chi connectivity index (χ1) is 12.0. The van der Waals surface area contributed by atoms with Crippen LogP contribution in [0.5, 0.6) is 0 Å². The molecule has 2 aliphatic carbocycles. The molecule has 3 N–H and O–H groups in total. The number of nitrogens with one attached hydrogen (secondary N) is 2. The lowest BCUT2D eigenvalue weighted by Crippen LogP contribution is -2.41. The highest BCUT2D eigenvalue weighted by Gasteiger charge is 2.45. The minimum absolute atomic E-state index is 0.00769. The fraction of sp³-hybridized carbons (Fsp3) is 0.526. The molecule has 6 nitrogen and oxygen atoms in total. The van der Waals surface area contributed by atoms with Crippen LogP contribution in [0.2, 0.25) is 0 Å². The van der Waals surface area contributed by atoms with Gasteiger partial charge in [-0.3, -0.25) is 14.4 Å². The van der Waals surface area contributed by atoms with Gasteiger partial charge in [-0.2, -0.15) is 0 Å². The lowest BCUT2D eigenvalue weighted by Gasteiger charge is -2.36. The van der Waals surface area contributed by atoms with Crippen LogP contribution >= 0.6 is 0 Å². The third kappa shape index (κ3) is 4.00. The van der Waals surface area contributed by atoms with Crippen molar-refractivity contribution in [1.82, 2.24) is 5.32 Å². The summed E-state index contributed by atoms with van der Waals surface area (Å²) in [5, 5.41) is 15.0. The number of benzene rings is 1. The van der Waals surface area contributed by atoms with E-state index in [1.165, 1.54) is 0 Å². The molecule has 0 aliphatic heterocycles. The predicted molar refractivity (Wildman–Crippen MR) is 93.3 cm³/mol. The van der Waals surface area contributed by atoms with Crippen molar-refractivity contribution < 1.29 is 19.5 Å². The van der Waals surface area contributed by atoms with Crippen molar-refractivity contribution in [2.24, 2.45) is 5.41 Å². The van der Waals surface area contributed by atoms with Crippen LogP contribution in [-0.2, 0) is 9.59 Å². The molecule has 1 aromatic rings. The van der Waals surface area contributed by atoms with Crippen LogP contribution in [0, 0.1) is 5.41 Å². The molecule has 0 bridgehead atoms. The van der Waals surface area contributed by atoms with Crippen molar-refractivity contribution in [3.05, 3.63) is 29.8 Å². The minimum Gasteiger partial charge on any atom is -0.481 e. The second-order valence-electron chi connectivity index (χ2n) is 7.20. The second-order valence-corrected chi connectivity index (χ2v) is 7.20. The van der Waals surface area contributed by atoms with Gasteiger partial charge in [0.25, 0.3) is 5.91 Å². The van der Waals surface area contributed by atoms with E-state index in [0.29, 0.717) is 24.1 Å². The van der Waals surface area contributed by atoms with Crippen LogP contribution in [0.25, 0.3) is 0 Å². The topological polar surface area (TPSA) is 95.5 Å². The van der Waals surface area contributed by atoms with Crippen molar-refractivity contribution in [1.29, 1.82) is 0 Å². The van der Waals surface area contributed by atoms with Gasteiger partial charge >= 0.3 is 5.97 Å². The molecular weight excluding hydrogens is 320 g/mol. The third-order valence-electron chi connectivity index (χ3n) is 5.38. The first-order valence-electron chi connectivity index (χ1n) is 8.93. The van der Waals surface area contributed by atoms with E-state index in [1.807, 2.05) is 0 Å². The van der Waals surface area contributed by atoms with Gasteiger partial charge in [-0.05, 0) is 49.9 Å². The largest absolute Gasteiger partial charge is 0.481 e. The van der Waals surface area contributed by atoms with Gasteiger partial charge in [-0.15, -0.1) is 0 Å². The number of carboxylic acids is 1. The van der Waals surface area contributed by atoms with Crippen molar-refractivity contribution in [2.75, 3.05) is 5.32 Å². The Morgan fingerprint density at radius 2 is 1.68 bits per heavy atom. The van der Waals surface area contributed by atoms with E-state index in [1.54, 1.807) is 24.3 Å². The van der Waals surface area contributed by atoms with E-state index in [2.05, 4.69) is 10.6 Å². The molecule has 2 aliphatic rings. The molecular formula is C19H24N2O4. The normalized spacial score (nSPS) is 19.0. The number of amides is 2. The molecule has 6 heteroatoms. The van der Waals surface area contributed by atoms with Gasteiger partial charge in [-0.1, -0.05) is 19.3 Å². The summed E-state index contributed by atoms with van der Waals surface area (Å²) in [7, 11) is 0. The number of hydrogen-bond acceptors (Lipinski definition) is 3. The molecule has 0 heterocycles. The lowest BCUT2D eigenvalue weighted by atomic mass is 9.66. The van der Waals surface area contributed by atoms with Crippen molar-refractivity contribution in [3.63, 3.8) is 0 Å². The zero-order chi connectivity index (χ0) is 17.9. The Labute approximate surface area is 147 Å². The number of carbonyl (C=O) groups is 3. The van der Waals surface area contributed by atoms with Crippen molar-refractivity contribution in [3.8, 4) is 0 Å². The smallest absolute Gasteiger partial charge is 0.310 e. The van der Waals surface area contributed by atoms with Gasteiger partial charge in [0, 0.05) is 23.7 Å². The summed E-state index contributed by atoms with van der Waals surface area (Å²) in [5.41, 5.74) is 0.235. The van der Waals surface area contributed by atoms with Crippen LogP contribution < -0.4 is 10.6 Å². The Bertz CT molecular complexity index is 659. The minimum atomic E-state index is -0.898. The van der Waals surface area contributed by atoms with Crippen LogP contribution in [0.1, 0.15) is 61.7 Å². The van der Waals surface area contributed by atoms with Crippen LogP contribution in [0.3, 0.4) is 0 Å². The highest BCUT2D eigenvalue weighted by molar-refractivity contribution is 5.97. The van der Waals surface area contributed by atoms with Gasteiger partial charge in [0.2, 0.25) is 5.91 Å². The molecule has 0 radical (unpaired) electrons. The molecule has 0 spiro atoms. The van der Waals surface area contributed by atoms with Crippen LogP contribution in [0.4, 0.5) is 5.69 Å². The van der Waals surface area contributed by atoms with Gasteiger partial charge in [0.1, 0.15) is 0 Å². The van der Waals surface area contributed by atoms with Crippen molar-refractivity contribution >= 4 is 23.5 Å². The average Bonchev–Trinajstić information content (AvgIpc) is 3.04. The van der Waals surface area contributed by atoms with E-state index < -0.39 is 11.4 Å². The predicted octanol–water partition coefficient (Wildman–Crippen LogP) is 2.94. The molecule has 0 aromatic heterocycles. The molecule has 3 rings (SSSR count). The van der Waals surface area contributed by atoms with E-state index >= 15 is 0 Å². The fourth-order valence-corrected chi connectivity index (χ4v) is 3.63. The summed E-state index contributed by atoms with van der Waals surface area (Å²) in [6.07, 6.45) is 6.33. The number of rotatable bonds is 6. The number of carboxylic acid groups (broad SMARTS) is 1. The van der Waals surface area contributed by atoms with Crippen LogP contribution in [0.15, 0.2) is 24.3 Å². The molecule has 2 fully saturated rings. The lowest BCUT2D eigenvalue weighted by molar-refractivity contribution is -0.157. The zero-order valence-electron chi connectivity index (χ0n) is 14.2. The molecule has 134 valence electrons. The Hall–Kier alpha value is -2.37. The highest BCUT2D eigenvalue weighted by Crippen LogP contribution is 2.44. The number of carbonyl (C=O) groups excluding carboxylic acids is 2. The Morgan fingerprint density at radius 3 is 2.20 bits per heavy atom. The summed E-state index contributed by atoms with van der Waals surface area (Å²) < 4.78 is 0. The summed E-state index contributed by atoms with van der Waals surface area (Å²) in [6.45, 7) is 0. The second kappa shape index (κ2) is 7.25. The molecule has 0 unspecified atom stereocenters. The summed E-state index contributed by atoms with van der Waals surface area (Å²) >= 11 is 0. The van der Waals surface area contributed by atoms with Gasteiger partial charge in [0.05, 0.1) is 5.41 Å². The summed E-state index contributed by atoms with van der Waals surface area (Å²) in [4.78, 5) is 35.6. The van der Waals surface area contributed by atoms with Crippen LogP contribution in [-0.4, -0.2) is 28.9 Å². The van der Waals surface area contributed by atoms with Crippen molar-refractivity contribution in [2.45, 2.75) is 57.4 Å². The molecule has 0 atom stereocenters. The maximum Gasteiger partial charge on any atom is 0.310 e. The third-order valence-corrected chi connectivity index (χ3v) is 5.38. The van der Waals surface area contributed by atoms with E-state index in [-0.39, 0.29) is 24.3 Å². The van der Waals surface area contributed by atoms with E-state index in [9.17, 15) is 19.5 Å². The quantitative estimate of drug-likeness (QED) is 0.739. The SMILES string of the molecule is O=C(CC1(C(=O)O)CCC1)Nc1ccc(C(=O)NC2CCCC2)cc1. The summed E-state index contributed by atoms with van der Waals surface area (Å²) in [6, 6.07) is 6.97. The Balaban J connectivity index is 1.54. The van der Waals surface area contributed by atoms with E-state index in [4.69, 9.17) is 0 Å². The molecule has 0 saturated heterocycles. The highest BCUT2D eigenvalue weighted by atomic mass is 16.4. The van der Waals surface area contributed by atoms with Gasteiger partial charge in [0.15, 0.2) is 0 Å². The Kier molecular flexibility index (Phi) is 5.06. The molecule has 2 amide bonds. The van der Waals surface area contributed by atoms with Gasteiger partial charge < -0.3 is 15.7 Å². The number of anilines is 1. The van der Waals surface area contributed by atoms with Gasteiger partial charge in [-0.25, -0.2) is 0 Å². The monoisotopic (exact) mass is 344 g/mol. The number of hydrogen-bond donors (Lipinski definition) is 3. The first-order valence-corrected chi connectivity index (χ1v) is 8.93. The molecule has 25 heavy (non-hydrogen) atoms. The maximum atomic E-state index is 12.2. The Morgan fingerprint density at radius 1 is 1.04 bits per heavy atom. The number of aliphatic carboxylic acids is 1. The molecule has 2 saturated carbocycles. The first kappa shape index (κ1) is 17.5. The fourth-order valence-electron chi connectivity index (χ4n) is 3.63. The average molecular weight is 344 g/mol. The van der Waals surface area contributed by atoms with E-state index in [0.717, 1.165) is 32.1 Å². The maximum absolute atomic E-state index is 12.2. The summed E-state index contributed by atoms with van der Waals surface area (Å²) in [5.74, 6) is -1.29. The standard InChI is InChI=1S/C19H24N2O4/c22-16(12-19(18(24)25)10-3-11-19)20-15-8-6-13(7-9-15)17(23)21-14-4-1-2-5-14/h6-9,14H,1-5,10-12H2,(H,20,22)(H,21,23)(H,24,25). The molecule has 1 aromatic carbocycles. The zero-order valence-corrected chi connectivity index (χ0v) is 14.2.